The summed E-state index contributed by atoms with van der Waals surface area (Å²) in [6, 6.07) is 24.5. The number of aryl methyl sites for hydroxylation is 1. The van der Waals surface area contributed by atoms with Gasteiger partial charge in [-0.15, -0.1) is 0 Å². The van der Waals surface area contributed by atoms with Crippen LogP contribution in [0.1, 0.15) is 12.0 Å². The van der Waals surface area contributed by atoms with Crippen molar-refractivity contribution < 1.29 is 14.4 Å². The lowest BCUT2D eigenvalue weighted by atomic mass is 10.2. The summed E-state index contributed by atoms with van der Waals surface area (Å²) in [6.45, 7) is 2.08. The molecule has 0 aliphatic carbocycles. The second-order valence-corrected chi connectivity index (χ2v) is 7.03. The minimum atomic E-state index is -0.568. The fraction of sp³-hybridized carbons (Fsp3) is 0.125. The van der Waals surface area contributed by atoms with Crippen LogP contribution in [-0.2, 0) is 4.79 Å². The van der Waals surface area contributed by atoms with Gasteiger partial charge >= 0.3 is 12.1 Å². The number of hydrogen-bond acceptors (Lipinski definition) is 3. The number of hydrazine groups is 1. The third-order valence-electron chi connectivity index (χ3n) is 4.53. The quantitative estimate of drug-likeness (QED) is 0.438. The molecule has 8 heteroatoms. The maximum Gasteiger partial charge on any atom is 0.337 e. The number of para-hydroxylation sites is 2. The molecule has 0 saturated carbocycles. The van der Waals surface area contributed by atoms with Crippen LogP contribution in [0.15, 0.2) is 84.9 Å². The van der Waals surface area contributed by atoms with Crippen molar-refractivity contribution in [2.24, 2.45) is 0 Å². The molecule has 3 aromatic carbocycles. The number of anilines is 3. The number of hydrogen-bond donors (Lipinski definition) is 4. The van der Waals surface area contributed by atoms with Gasteiger partial charge in [0, 0.05) is 30.0 Å². The van der Waals surface area contributed by atoms with Crippen molar-refractivity contribution in [3.8, 4) is 0 Å². The maximum absolute atomic E-state index is 12.9. The van der Waals surface area contributed by atoms with Crippen LogP contribution in [0, 0.1) is 6.92 Å². The molecule has 0 heterocycles. The minimum Gasteiger partial charge on any atom is -0.308 e. The van der Waals surface area contributed by atoms with Gasteiger partial charge in [0.15, 0.2) is 0 Å². The molecular formula is C24H25N5O3. The summed E-state index contributed by atoms with van der Waals surface area (Å²) in [5.74, 6) is -0.433. The molecule has 4 N–H and O–H groups in total. The minimum absolute atomic E-state index is 0.0122. The van der Waals surface area contributed by atoms with Gasteiger partial charge in [0.25, 0.3) is 0 Å². The van der Waals surface area contributed by atoms with Crippen LogP contribution in [0.5, 0.6) is 0 Å². The van der Waals surface area contributed by atoms with E-state index in [1.807, 2.05) is 55.5 Å². The Labute approximate surface area is 186 Å². The predicted octanol–water partition coefficient (Wildman–Crippen LogP) is 4.28. The van der Waals surface area contributed by atoms with Crippen LogP contribution >= 0.6 is 0 Å². The number of benzene rings is 3. The highest BCUT2D eigenvalue weighted by Gasteiger charge is 2.17. The molecule has 0 aromatic heterocycles. The number of carbonyl (C=O) groups is 3. The lowest BCUT2D eigenvalue weighted by Crippen LogP contribution is -2.45. The first-order valence-electron chi connectivity index (χ1n) is 10.1. The van der Waals surface area contributed by atoms with Crippen molar-refractivity contribution in [2.45, 2.75) is 13.3 Å². The van der Waals surface area contributed by atoms with E-state index >= 15 is 0 Å². The van der Waals surface area contributed by atoms with Gasteiger partial charge in [0.2, 0.25) is 5.91 Å². The Kier molecular flexibility index (Phi) is 7.80. The van der Waals surface area contributed by atoms with E-state index in [4.69, 9.17) is 0 Å². The molecule has 0 atom stereocenters. The molecular weight excluding hydrogens is 406 g/mol. The average molecular weight is 431 g/mol. The number of amides is 5. The van der Waals surface area contributed by atoms with Gasteiger partial charge in [0.1, 0.15) is 0 Å². The standard InChI is InChI=1S/C24H25N5O3/c1-18-12-14-21(15-13-18)29(24(32)26-20-10-6-3-7-11-20)17-16-22(30)27-28-23(31)25-19-8-4-2-5-9-19/h2-15H,16-17H2,1H3,(H,26,32)(H,27,30)(H2,25,28,31). The zero-order chi connectivity index (χ0) is 22.8. The SMILES string of the molecule is Cc1ccc(N(CCC(=O)NNC(=O)Nc2ccccc2)C(=O)Nc2ccccc2)cc1. The van der Waals surface area contributed by atoms with E-state index < -0.39 is 11.9 Å². The maximum atomic E-state index is 12.9. The Bertz CT molecular complexity index is 1040. The highest BCUT2D eigenvalue weighted by Crippen LogP contribution is 2.17. The van der Waals surface area contributed by atoms with Crippen molar-refractivity contribution in [2.75, 3.05) is 22.1 Å². The first-order valence-corrected chi connectivity index (χ1v) is 10.1. The number of urea groups is 2. The number of nitrogens with zero attached hydrogens (tertiary/aromatic N) is 1. The molecule has 0 saturated heterocycles. The van der Waals surface area contributed by atoms with Crippen LogP contribution in [-0.4, -0.2) is 24.5 Å². The summed E-state index contributed by atoms with van der Waals surface area (Å²) in [5.41, 5.74) is 7.62. The number of nitrogens with one attached hydrogen (secondary N) is 4. The molecule has 8 nitrogen and oxygen atoms in total. The van der Waals surface area contributed by atoms with Crippen LogP contribution in [0.4, 0.5) is 26.7 Å². The molecule has 0 radical (unpaired) electrons. The smallest absolute Gasteiger partial charge is 0.308 e. The van der Waals surface area contributed by atoms with Crippen LogP contribution in [0.25, 0.3) is 0 Å². The van der Waals surface area contributed by atoms with E-state index in [9.17, 15) is 14.4 Å². The molecule has 32 heavy (non-hydrogen) atoms. The molecule has 3 aromatic rings. The Morgan fingerprint density at radius 1 is 0.719 bits per heavy atom. The van der Waals surface area contributed by atoms with E-state index in [-0.39, 0.29) is 19.0 Å². The van der Waals surface area contributed by atoms with E-state index in [0.29, 0.717) is 17.1 Å². The monoisotopic (exact) mass is 431 g/mol. The largest absolute Gasteiger partial charge is 0.337 e. The van der Waals surface area contributed by atoms with Gasteiger partial charge < -0.3 is 10.6 Å². The number of carbonyl (C=O) groups excluding carboxylic acids is 3. The molecule has 164 valence electrons. The zero-order valence-electron chi connectivity index (χ0n) is 17.7. The highest BCUT2D eigenvalue weighted by atomic mass is 16.2. The molecule has 0 aliphatic rings. The van der Waals surface area contributed by atoms with Crippen molar-refractivity contribution >= 4 is 35.0 Å². The summed E-state index contributed by atoms with van der Waals surface area (Å²) in [5, 5.41) is 5.43. The van der Waals surface area contributed by atoms with Gasteiger partial charge in [-0.1, -0.05) is 54.1 Å². The topological polar surface area (TPSA) is 103 Å². The third kappa shape index (κ3) is 6.88. The van der Waals surface area contributed by atoms with Crippen molar-refractivity contribution in [3.05, 3.63) is 90.5 Å². The number of rotatable bonds is 6. The molecule has 5 amide bonds. The highest BCUT2D eigenvalue weighted by molar-refractivity contribution is 6.02. The second-order valence-electron chi connectivity index (χ2n) is 7.03. The van der Waals surface area contributed by atoms with Crippen molar-refractivity contribution in [1.82, 2.24) is 10.9 Å². The summed E-state index contributed by atoms with van der Waals surface area (Å²) in [4.78, 5) is 38.5. The van der Waals surface area contributed by atoms with Gasteiger partial charge in [-0.2, -0.15) is 0 Å². The average Bonchev–Trinajstić information content (AvgIpc) is 2.80. The Hall–Kier alpha value is -4.33. The van der Waals surface area contributed by atoms with Gasteiger partial charge in [-0.25, -0.2) is 15.0 Å². The molecule has 0 fully saturated rings. The third-order valence-corrected chi connectivity index (χ3v) is 4.53. The summed E-state index contributed by atoms with van der Waals surface area (Å²) >= 11 is 0. The van der Waals surface area contributed by atoms with Crippen LogP contribution in [0.3, 0.4) is 0 Å². The van der Waals surface area contributed by atoms with E-state index in [0.717, 1.165) is 5.56 Å². The molecule has 0 aliphatic heterocycles. The Balaban J connectivity index is 1.56. The first kappa shape index (κ1) is 22.4. The van der Waals surface area contributed by atoms with Crippen LogP contribution < -0.4 is 26.4 Å². The fourth-order valence-corrected chi connectivity index (χ4v) is 2.87. The van der Waals surface area contributed by atoms with Crippen molar-refractivity contribution in [3.63, 3.8) is 0 Å². The van der Waals surface area contributed by atoms with Gasteiger partial charge in [0.05, 0.1) is 0 Å². The summed E-state index contributed by atoms with van der Waals surface area (Å²) < 4.78 is 0. The molecule has 0 bridgehead atoms. The van der Waals surface area contributed by atoms with Gasteiger partial charge in [-0.3, -0.25) is 15.1 Å². The Morgan fingerprint density at radius 2 is 1.28 bits per heavy atom. The molecule has 0 unspecified atom stereocenters. The van der Waals surface area contributed by atoms with Crippen LogP contribution in [0.2, 0.25) is 0 Å². The zero-order valence-corrected chi connectivity index (χ0v) is 17.7. The molecule has 3 rings (SSSR count). The molecule has 0 spiro atoms. The first-order chi connectivity index (χ1) is 15.5. The lowest BCUT2D eigenvalue weighted by Gasteiger charge is -2.23. The summed E-state index contributed by atoms with van der Waals surface area (Å²) in [6.07, 6.45) is -0.0122. The Morgan fingerprint density at radius 3 is 1.88 bits per heavy atom. The van der Waals surface area contributed by atoms with Gasteiger partial charge in [-0.05, 0) is 43.3 Å². The van der Waals surface area contributed by atoms with E-state index in [1.165, 1.54) is 4.90 Å². The summed E-state index contributed by atoms with van der Waals surface area (Å²) in [7, 11) is 0. The van der Waals surface area contributed by atoms with E-state index in [1.54, 1.807) is 36.4 Å². The normalized spacial score (nSPS) is 10.0. The van der Waals surface area contributed by atoms with E-state index in [2.05, 4.69) is 21.5 Å². The lowest BCUT2D eigenvalue weighted by molar-refractivity contribution is -0.121. The predicted molar refractivity (Wildman–Crippen MR) is 125 cm³/mol. The second kappa shape index (κ2) is 11.2. The fourth-order valence-electron chi connectivity index (χ4n) is 2.87. The van der Waals surface area contributed by atoms with Crippen molar-refractivity contribution in [1.29, 1.82) is 0 Å².